The minimum absolute atomic E-state index is 0.318. The van der Waals surface area contributed by atoms with Crippen LogP contribution in [0.1, 0.15) is 28.4 Å². The molecule has 0 saturated carbocycles. The Balaban J connectivity index is 1.98. The standard InChI is InChI=1S/C19H23N3O3/c1-3-25-18(23)15-10-8-14(9-11-15)12-21-19(20)22-17-7-5-4-6-16(17)13-24-2/h4-11H,3,12-13H2,1-2H3,(H3,20,21,22). The van der Waals surface area contributed by atoms with Crippen molar-refractivity contribution in [2.75, 3.05) is 19.0 Å². The molecule has 0 heterocycles. The van der Waals surface area contributed by atoms with Crippen LogP contribution in [0.4, 0.5) is 5.69 Å². The summed E-state index contributed by atoms with van der Waals surface area (Å²) >= 11 is 0. The smallest absolute Gasteiger partial charge is 0.338 e. The molecule has 3 N–H and O–H groups in total. The number of carbonyl (C=O) groups excluding carboxylic acids is 1. The third-order valence-corrected chi connectivity index (χ3v) is 3.48. The van der Waals surface area contributed by atoms with E-state index in [1.54, 1.807) is 26.2 Å². The highest BCUT2D eigenvalue weighted by Crippen LogP contribution is 2.15. The highest BCUT2D eigenvalue weighted by atomic mass is 16.5. The number of guanidine groups is 1. The summed E-state index contributed by atoms with van der Waals surface area (Å²) in [7, 11) is 1.65. The van der Waals surface area contributed by atoms with Crippen LogP contribution in [0.25, 0.3) is 0 Å². The maximum atomic E-state index is 11.6. The second-order valence-corrected chi connectivity index (χ2v) is 5.33. The van der Waals surface area contributed by atoms with Crippen LogP contribution >= 0.6 is 0 Å². The first kappa shape index (κ1) is 18.5. The molecule has 6 nitrogen and oxygen atoms in total. The number of hydrogen-bond donors (Lipinski definition) is 2. The van der Waals surface area contributed by atoms with E-state index in [-0.39, 0.29) is 5.97 Å². The predicted octanol–water partition coefficient (Wildman–Crippen LogP) is 2.94. The molecule has 0 aromatic heterocycles. The molecular weight excluding hydrogens is 318 g/mol. The third kappa shape index (κ3) is 5.61. The average Bonchev–Trinajstić information content (AvgIpc) is 2.62. The molecular formula is C19H23N3O3. The molecule has 0 saturated heterocycles. The quantitative estimate of drug-likeness (QED) is 0.459. The van der Waals surface area contributed by atoms with Crippen molar-refractivity contribution in [1.82, 2.24) is 0 Å². The maximum Gasteiger partial charge on any atom is 0.338 e. The van der Waals surface area contributed by atoms with Gasteiger partial charge in [0.25, 0.3) is 0 Å². The number of anilines is 1. The Labute approximate surface area is 147 Å². The van der Waals surface area contributed by atoms with Crippen LogP contribution in [0.15, 0.2) is 53.5 Å². The number of para-hydroxylation sites is 1. The summed E-state index contributed by atoms with van der Waals surface area (Å²) in [5.41, 5.74) is 9.30. The van der Waals surface area contributed by atoms with Gasteiger partial charge in [0.15, 0.2) is 5.96 Å². The minimum Gasteiger partial charge on any atom is -0.462 e. The van der Waals surface area contributed by atoms with Crippen LogP contribution in [-0.4, -0.2) is 25.6 Å². The molecule has 0 atom stereocenters. The number of aliphatic imine (C=N–C) groups is 1. The number of esters is 1. The SMILES string of the molecule is CCOC(=O)c1ccc(CN=C(N)Nc2ccccc2COC)cc1. The van der Waals surface area contributed by atoms with E-state index in [2.05, 4.69) is 10.3 Å². The summed E-state index contributed by atoms with van der Waals surface area (Å²) in [5.74, 6) is -0.00787. The zero-order valence-electron chi connectivity index (χ0n) is 14.5. The number of nitrogens with two attached hydrogens (primary N) is 1. The van der Waals surface area contributed by atoms with Gasteiger partial charge in [0.1, 0.15) is 0 Å². The lowest BCUT2D eigenvalue weighted by Crippen LogP contribution is -2.23. The van der Waals surface area contributed by atoms with Crippen LogP contribution in [0.2, 0.25) is 0 Å². The lowest BCUT2D eigenvalue weighted by molar-refractivity contribution is 0.0526. The highest BCUT2D eigenvalue weighted by Gasteiger charge is 2.06. The molecule has 6 heteroatoms. The molecule has 2 aromatic rings. The minimum atomic E-state index is -0.325. The predicted molar refractivity (Wildman–Crippen MR) is 98.5 cm³/mol. The lowest BCUT2D eigenvalue weighted by Gasteiger charge is -2.11. The molecule has 0 bridgehead atoms. The lowest BCUT2D eigenvalue weighted by atomic mass is 10.1. The summed E-state index contributed by atoms with van der Waals surface area (Å²) in [4.78, 5) is 15.9. The number of hydrogen-bond acceptors (Lipinski definition) is 4. The molecule has 0 amide bonds. The van der Waals surface area contributed by atoms with Gasteiger partial charge in [-0.2, -0.15) is 0 Å². The molecule has 0 aliphatic rings. The summed E-state index contributed by atoms with van der Waals surface area (Å²) in [6, 6.07) is 14.9. The Morgan fingerprint density at radius 2 is 1.88 bits per heavy atom. The molecule has 0 spiro atoms. The number of nitrogens with one attached hydrogen (secondary N) is 1. The van der Waals surface area contributed by atoms with Crippen molar-refractivity contribution < 1.29 is 14.3 Å². The summed E-state index contributed by atoms with van der Waals surface area (Å²) in [6.45, 7) is 3.04. The molecule has 0 aliphatic carbocycles. The van der Waals surface area contributed by atoms with E-state index in [0.29, 0.717) is 31.3 Å². The van der Waals surface area contributed by atoms with Crippen LogP contribution < -0.4 is 11.1 Å². The van der Waals surface area contributed by atoms with Gasteiger partial charge in [-0.15, -0.1) is 0 Å². The molecule has 0 aliphatic heterocycles. The van der Waals surface area contributed by atoms with Gasteiger partial charge in [-0.3, -0.25) is 0 Å². The van der Waals surface area contributed by atoms with E-state index in [0.717, 1.165) is 16.8 Å². The van der Waals surface area contributed by atoms with Gasteiger partial charge in [0, 0.05) is 18.4 Å². The van der Waals surface area contributed by atoms with Gasteiger partial charge < -0.3 is 20.5 Å². The van der Waals surface area contributed by atoms with E-state index < -0.39 is 0 Å². The molecule has 25 heavy (non-hydrogen) atoms. The van der Waals surface area contributed by atoms with Gasteiger partial charge in [-0.25, -0.2) is 9.79 Å². The number of benzene rings is 2. The van der Waals surface area contributed by atoms with E-state index in [1.165, 1.54) is 0 Å². The summed E-state index contributed by atoms with van der Waals surface area (Å²) in [6.07, 6.45) is 0. The monoisotopic (exact) mass is 341 g/mol. The van der Waals surface area contributed by atoms with Crippen LogP contribution in [0.5, 0.6) is 0 Å². The second kappa shape index (κ2) is 9.44. The first-order chi connectivity index (χ1) is 12.1. The van der Waals surface area contributed by atoms with Crippen LogP contribution in [-0.2, 0) is 22.6 Å². The van der Waals surface area contributed by atoms with Crippen molar-refractivity contribution >= 4 is 17.6 Å². The van der Waals surface area contributed by atoms with Crippen molar-refractivity contribution in [3.05, 3.63) is 65.2 Å². The van der Waals surface area contributed by atoms with Crippen molar-refractivity contribution in [3.8, 4) is 0 Å². The summed E-state index contributed by atoms with van der Waals surface area (Å²) in [5, 5.41) is 3.09. The number of nitrogens with zero attached hydrogens (tertiary/aromatic N) is 1. The topological polar surface area (TPSA) is 85.9 Å². The van der Waals surface area contributed by atoms with Crippen molar-refractivity contribution in [1.29, 1.82) is 0 Å². The normalized spacial score (nSPS) is 11.2. The third-order valence-electron chi connectivity index (χ3n) is 3.48. The van der Waals surface area contributed by atoms with Crippen molar-refractivity contribution in [2.24, 2.45) is 10.7 Å². The van der Waals surface area contributed by atoms with Crippen LogP contribution in [0, 0.1) is 0 Å². The van der Waals surface area contributed by atoms with Crippen molar-refractivity contribution in [2.45, 2.75) is 20.1 Å². The molecule has 0 fully saturated rings. The first-order valence-electron chi connectivity index (χ1n) is 8.04. The fourth-order valence-corrected chi connectivity index (χ4v) is 2.24. The van der Waals surface area contributed by atoms with Crippen LogP contribution in [0.3, 0.4) is 0 Å². The number of ether oxygens (including phenoxy) is 2. The van der Waals surface area contributed by atoms with Gasteiger partial charge >= 0.3 is 5.97 Å². The Bertz CT molecular complexity index is 727. The first-order valence-corrected chi connectivity index (χ1v) is 8.04. The number of methoxy groups -OCH3 is 1. The second-order valence-electron chi connectivity index (χ2n) is 5.33. The fraction of sp³-hybridized carbons (Fsp3) is 0.263. The Morgan fingerprint density at radius 3 is 2.56 bits per heavy atom. The number of carbonyl (C=O) groups is 1. The Kier molecular flexibility index (Phi) is 6.98. The molecule has 2 rings (SSSR count). The molecule has 0 unspecified atom stereocenters. The van der Waals surface area contributed by atoms with E-state index in [1.807, 2.05) is 36.4 Å². The largest absolute Gasteiger partial charge is 0.462 e. The Morgan fingerprint density at radius 1 is 1.16 bits per heavy atom. The van der Waals surface area contributed by atoms with Gasteiger partial charge in [-0.1, -0.05) is 30.3 Å². The molecule has 132 valence electrons. The zero-order chi connectivity index (χ0) is 18.1. The van der Waals surface area contributed by atoms with E-state index in [9.17, 15) is 4.79 Å². The fourth-order valence-electron chi connectivity index (χ4n) is 2.24. The number of rotatable bonds is 7. The van der Waals surface area contributed by atoms with Gasteiger partial charge in [-0.05, 0) is 30.7 Å². The van der Waals surface area contributed by atoms with Gasteiger partial charge in [0.2, 0.25) is 0 Å². The average molecular weight is 341 g/mol. The highest BCUT2D eigenvalue weighted by molar-refractivity contribution is 5.93. The Hall–Kier alpha value is -2.86. The van der Waals surface area contributed by atoms with E-state index >= 15 is 0 Å². The van der Waals surface area contributed by atoms with E-state index in [4.69, 9.17) is 15.2 Å². The zero-order valence-corrected chi connectivity index (χ0v) is 14.5. The molecule has 0 radical (unpaired) electrons. The maximum absolute atomic E-state index is 11.6. The van der Waals surface area contributed by atoms with Gasteiger partial charge in [0.05, 0.1) is 25.3 Å². The molecule has 2 aromatic carbocycles. The summed E-state index contributed by atoms with van der Waals surface area (Å²) < 4.78 is 10.1. The van der Waals surface area contributed by atoms with Crippen molar-refractivity contribution in [3.63, 3.8) is 0 Å².